The number of anilines is 1. The van der Waals surface area contributed by atoms with E-state index in [0.29, 0.717) is 24.3 Å². The predicted octanol–water partition coefficient (Wildman–Crippen LogP) is 2.10. The molecule has 2 rings (SSSR count). The predicted molar refractivity (Wildman–Crippen MR) is 78.5 cm³/mol. The van der Waals surface area contributed by atoms with Gasteiger partial charge in [0.1, 0.15) is 5.82 Å². The third-order valence-corrected chi connectivity index (χ3v) is 3.49. The summed E-state index contributed by atoms with van der Waals surface area (Å²) in [5.41, 5.74) is 0.512. The Morgan fingerprint density at radius 2 is 2.10 bits per heavy atom. The van der Waals surface area contributed by atoms with Crippen LogP contribution in [0.25, 0.3) is 0 Å². The van der Waals surface area contributed by atoms with Gasteiger partial charge in [0.2, 0.25) is 5.91 Å². The summed E-state index contributed by atoms with van der Waals surface area (Å²) in [4.78, 5) is 14.1. The molecule has 0 aliphatic carbocycles. The lowest BCUT2D eigenvalue weighted by Crippen LogP contribution is -2.55. The maximum Gasteiger partial charge on any atom is 0.238 e. The van der Waals surface area contributed by atoms with Crippen molar-refractivity contribution in [2.75, 3.05) is 25.0 Å². The molecule has 0 aromatic heterocycles. The molecular weight excluding hydrogens is 281 g/mol. The van der Waals surface area contributed by atoms with E-state index in [4.69, 9.17) is 11.6 Å². The Kier molecular flexibility index (Phi) is 4.96. The minimum absolute atomic E-state index is 0.00668. The summed E-state index contributed by atoms with van der Waals surface area (Å²) < 4.78 is 13.0. The zero-order chi connectivity index (χ0) is 14.7. The zero-order valence-corrected chi connectivity index (χ0v) is 12.4. The van der Waals surface area contributed by atoms with E-state index in [9.17, 15) is 9.18 Å². The number of benzene rings is 1. The van der Waals surface area contributed by atoms with Gasteiger partial charge >= 0.3 is 0 Å². The summed E-state index contributed by atoms with van der Waals surface area (Å²) in [5, 5.41) is 6.15. The molecule has 4 nitrogen and oxygen atoms in total. The van der Waals surface area contributed by atoms with E-state index in [1.807, 2.05) is 0 Å². The van der Waals surface area contributed by atoms with Crippen LogP contribution in [0.4, 0.5) is 10.1 Å². The van der Waals surface area contributed by atoms with Gasteiger partial charge in [0.25, 0.3) is 0 Å². The van der Waals surface area contributed by atoms with Gasteiger partial charge in [-0.05, 0) is 32.0 Å². The van der Waals surface area contributed by atoms with Crippen molar-refractivity contribution >= 4 is 23.2 Å². The fourth-order valence-electron chi connectivity index (χ4n) is 2.55. The van der Waals surface area contributed by atoms with Crippen LogP contribution in [0.2, 0.25) is 5.02 Å². The van der Waals surface area contributed by atoms with Crippen LogP contribution in [0, 0.1) is 5.82 Å². The van der Waals surface area contributed by atoms with Crippen LogP contribution in [0.15, 0.2) is 18.2 Å². The van der Waals surface area contributed by atoms with Crippen LogP contribution in [0.5, 0.6) is 0 Å². The van der Waals surface area contributed by atoms with Crippen LogP contribution in [-0.4, -0.2) is 42.5 Å². The van der Waals surface area contributed by atoms with Gasteiger partial charge in [-0.15, -0.1) is 0 Å². The van der Waals surface area contributed by atoms with Gasteiger partial charge in [-0.3, -0.25) is 9.69 Å². The molecular formula is C14H19ClFN3O. The lowest BCUT2D eigenvalue weighted by molar-refractivity contribution is -0.117. The number of carbonyl (C=O) groups excluding carboxylic acids is 1. The van der Waals surface area contributed by atoms with E-state index in [2.05, 4.69) is 29.4 Å². The molecule has 0 radical (unpaired) electrons. The first-order valence-electron chi connectivity index (χ1n) is 6.67. The number of hydrogen-bond acceptors (Lipinski definition) is 3. The van der Waals surface area contributed by atoms with E-state index in [0.717, 1.165) is 13.1 Å². The van der Waals surface area contributed by atoms with E-state index in [-0.39, 0.29) is 10.9 Å². The summed E-state index contributed by atoms with van der Waals surface area (Å²) in [7, 11) is 0. The van der Waals surface area contributed by atoms with Crippen LogP contribution < -0.4 is 10.6 Å². The molecule has 1 aliphatic rings. The highest BCUT2D eigenvalue weighted by Crippen LogP contribution is 2.19. The third kappa shape index (κ3) is 4.16. The Morgan fingerprint density at radius 3 is 2.70 bits per heavy atom. The molecule has 1 aromatic rings. The largest absolute Gasteiger partial charge is 0.325 e. The second kappa shape index (κ2) is 6.52. The molecule has 1 heterocycles. The number of piperazine rings is 1. The Labute approximate surface area is 123 Å². The average Bonchev–Trinajstić information content (AvgIpc) is 2.32. The fraction of sp³-hybridized carbons (Fsp3) is 0.500. The van der Waals surface area contributed by atoms with Gasteiger partial charge in [-0.2, -0.15) is 0 Å². The molecule has 2 N–H and O–H groups in total. The highest BCUT2D eigenvalue weighted by Gasteiger charge is 2.22. The van der Waals surface area contributed by atoms with Crippen molar-refractivity contribution in [1.82, 2.24) is 10.2 Å². The second-order valence-corrected chi connectivity index (χ2v) is 5.75. The summed E-state index contributed by atoms with van der Waals surface area (Å²) in [6.07, 6.45) is 0. The van der Waals surface area contributed by atoms with Crippen LogP contribution in [0.3, 0.4) is 0 Å². The SMILES string of the molecule is CC1CN(CC(=O)Nc2ccc(F)c(Cl)c2)CC(C)N1. The molecule has 1 fully saturated rings. The van der Waals surface area contributed by atoms with Gasteiger partial charge in [0, 0.05) is 30.9 Å². The summed E-state index contributed by atoms with van der Waals surface area (Å²) >= 11 is 5.68. The Bertz CT molecular complexity index is 487. The van der Waals surface area contributed by atoms with Gasteiger partial charge in [0.05, 0.1) is 11.6 Å². The molecule has 6 heteroatoms. The summed E-state index contributed by atoms with van der Waals surface area (Å²) in [5.74, 6) is -0.608. The second-order valence-electron chi connectivity index (χ2n) is 5.34. The number of nitrogens with one attached hydrogen (secondary N) is 2. The van der Waals surface area contributed by atoms with E-state index >= 15 is 0 Å². The third-order valence-electron chi connectivity index (χ3n) is 3.20. The molecule has 1 aliphatic heterocycles. The first-order chi connectivity index (χ1) is 9.44. The monoisotopic (exact) mass is 299 g/mol. The molecule has 20 heavy (non-hydrogen) atoms. The molecule has 0 spiro atoms. The summed E-state index contributed by atoms with van der Waals surface area (Å²) in [6.45, 7) is 6.19. The maximum absolute atomic E-state index is 13.0. The smallest absolute Gasteiger partial charge is 0.238 e. The van der Waals surface area contributed by atoms with Crippen molar-refractivity contribution in [2.45, 2.75) is 25.9 Å². The molecule has 1 aromatic carbocycles. The molecule has 110 valence electrons. The minimum Gasteiger partial charge on any atom is -0.325 e. The number of carbonyl (C=O) groups is 1. The average molecular weight is 300 g/mol. The quantitative estimate of drug-likeness (QED) is 0.898. The van der Waals surface area contributed by atoms with Crippen molar-refractivity contribution in [3.8, 4) is 0 Å². The number of halogens is 2. The van der Waals surface area contributed by atoms with Crippen molar-refractivity contribution < 1.29 is 9.18 Å². The summed E-state index contributed by atoms with van der Waals surface area (Å²) in [6, 6.07) is 4.89. The normalized spacial score (nSPS) is 23.6. The molecule has 0 saturated carbocycles. The highest BCUT2D eigenvalue weighted by molar-refractivity contribution is 6.31. The van der Waals surface area contributed by atoms with E-state index < -0.39 is 5.82 Å². The lowest BCUT2D eigenvalue weighted by atomic mass is 10.1. The van der Waals surface area contributed by atoms with Crippen molar-refractivity contribution in [2.24, 2.45) is 0 Å². The Balaban J connectivity index is 1.90. The molecule has 1 saturated heterocycles. The van der Waals surface area contributed by atoms with Crippen LogP contribution >= 0.6 is 11.6 Å². The standard InChI is InChI=1S/C14H19ClFN3O/c1-9-6-19(7-10(2)17-9)8-14(20)18-11-3-4-13(16)12(15)5-11/h3-5,9-10,17H,6-8H2,1-2H3,(H,18,20). The Hall–Kier alpha value is -1.17. The van der Waals surface area contributed by atoms with Gasteiger partial charge in [-0.1, -0.05) is 11.6 Å². The van der Waals surface area contributed by atoms with Crippen LogP contribution in [-0.2, 0) is 4.79 Å². The van der Waals surface area contributed by atoms with Crippen molar-refractivity contribution in [3.05, 3.63) is 29.0 Å². The number of nitrogens with zero attached hydrogens (tertiary/aromatic N) is 1. The number of amides is 1. The van der Waals surface area contributed by atoms with Crippen molar-refractivity contribution in [1.29, 1.82) is 0 Å². The minimum atomic E-state index is -0.491. The molecule has 0 bridgehead atoms. The molecule has 2 unspecified atom stereocenters. The van der Waals surface area contributed by atoms with Gasteiger partial charge < -0.3 is 10.6 Å². The maximum atomic E-state index is 13.0. The highest BCUT2D eigenvalue weighted by atomic mass is 35.5. The topological polar surface area (TPSA) is 44.4 Å². The molecule has 2 atom stereocenters. The van der Waals surface area contributed by atoms with Gasteiger partial charge in [-0.25, -0.2) is 4.39 Å². The first kappa shape index (κ1) is 15.2. The molecule has 1 amide bonds. The van der Waals surface area contributed by atoms with Gasteiger partial charge in [0.15, 0.2) is 0 Å². The fourth-order valence-corrected chi connectivity index (χ4v) is 2.73. The number of rotatable bonds is 3. The first-order valence-corrected chi connectivity index (χ1v) is 7.05. The number of hydrogen-bond donors (Lipinski definition) is 2. The van der Waals surface area contributed by atoms with E-state index in [1.165, 1.54) is 18.2 Å². The van der Waals surface area contributed by atoms with E-state index in [1.54, 1.807) is 0 Å². The van der Waals surface area contributed by atoms with Crippen molar-refractivity contribution in [3.63, 3.8) is 0 Å². The Morgan fingerprint density at radius 1 is 1.45 bits per heavy atom. The zero-order valence-electron chi connectivity index (χ0n) is 11.6. The van der Waals surface area contributed by atoms with Crippen LogP contribution in [0.1, 0.15) is 13.8 Å². The lowest BCUT2D eigenvalue weighted by Gasteiger charge is -2.35.